The van der Waals surface area contributed by atoms with Crippen LogP contribution in [0.25, 0.3) is 6.08 Å². The Labute approximate surface area is 138 Å². The van der Waals surface area contributed by atoms with E-state index in [1.807, 2.05) is 68.5 Å². The lowest BCUT2D eigenvalue weighted by atomic mass is 10.1. The van der Waals surface area contributed by atoms with Gasteiger partial charge in [-0.15, -0.1) is 0 Å². The second kappa shape index (κ2) is 5.89. The zero-order chi connectivity index (χ0) is 15.7. The van der Waals surface area contributed by atoms with Gasteiger partial charge in [0.05, 0.1) is 17.0 Å². The van der Waals surface area contributed by atoms with Crippen molar-refractivity contribution in [1.29, 1.82) is 0 Å². The molecule has 1 amide bonds. The van der Waals surface area contributed by atoms with Crippen molar-refractivity contribution in [2.45, 2.75) is 13.8 Å². The maximum absolute atomic E-state index is 12.6. The summed E-state index contributed by atoms with van der Waals surface area (Å²) in [5.41, 5.74) is 4.32. The van der Waals surface area contributed by atoms with Crippen LogP contribution in [0.1, 0.15) is 18.1 Å². The molecule has 0 bridgehead atoms. The van der Waals surface area contributed by atoms with Crippen LogP contribution in [-0.4, -0.2) is 11.6 Å². The average molecular weight is 355 g/mol. The van der Waals surface area contributed by atoms with Gasteiger partial charge < -0.3 is 0 Å². The van der Waals surface area contributed by atoms with Crippen LogP contribution in [0.15, 0.2) is 63.7 Å². The standard InChI is InChI=1S/C18H15BrN2O/c1-12-3-5-14(6-4-12)11-17-13(2)20-21(18(17)22)16-9-7-15(19)8-10-16/h3-11H,1-2H3/b17-11+. The predicted molar refractivity (Wildman–Crippen MR) is 93.9 cm³/mol. The van der Waals surface area contributed by atoms with Gasteiger partial charge in [-0.3, -0.25) is 4.79 Å². The molecule has 1 heterocycles. The van der Waals surface area contributed by atoms with E-state index >= 15 is 0 Å². The molecule has 0 aromatic heterocycles. The monoisotopic (exact) mass is 354 g/mol. The first-order valence-electron chi connectivity index (χ1n) is 6.98. The van der Waals surface area contributed by atoms with Gasteiger partial charge >= 0.3 is 0 Å². The van der Waals surface area contributed by atoms with Crippen molar-refractivity contribution in [3.05, 3.63) is 69.7 Å². The van der Waals surface area contributed by atoms with Crippen molar-refractivity contribution in [2.24, 2.45) is 5.10 Å². The van der Waals surface area contributed by atoms with Gasteiger partial charge in [0.25, 0.3) is 5.91 Å². The van der Waals surface area contributed by atoms with Gasteiger partial charge in [0.1, 0.15) is 0 Å². The molecular formula is C18H15BrN2O. The van der Waals surface area contributed by atoms with E-state index in [1.165, 1.54) is 10.6 Å². The molecule has 0 N–H and O–H groups in total. The topological polar surface area (TPSA) is 32.7 Å². The molecule has 0 aliphatic carbocycles. The fraction of sp³-hybridized carbons (Fsp3) is 0.111. The van der Waals surface area contributed by atoms with E-state index in [0.29, 0.717) is 5.57 Å². The molecule has 2 aromatic rings. The van der Waals surface area contributed by atoms with Gasteiger partial charge in [0, 0.05) is 4.47 Å². The maximum Gasteiger partial charge on any atom is 0.280 e. The van der Waals surface area contributed by atoms with E-state index in [-0.39, 0.29) is 5.91 Å². The number of nitrogens with zero attached hydrogens (tertiary/aromatic N) is 2. The number of carbonyl (C=O) groups excluding carboxylic acids is 1. The Balaban J connectivity index is 1.92. The number of benzene rings is 2. The number of hydrazone groups is 1. The fourth-order valence-electron chi connectivity index (χ4n) is 2.27. The van der Waals surface area contributed by atoms with Crippen LogP contribution < -0.4 is 5.01 Å². The maximum atomic E-state index is 12.6. The van der Waals surface area contributed by atoms with Crippen molar-refractivity contribution >= 4 is 39.3 Å². The summed E-state index contributed by atoms with van der Waals surface area (Å²) in [6.07, 6.45) is 1.89. The number of hydrogen-bond donors (Lipinski definition) is 0. The fourth-order valence-corrected chi connectivity index (χ4v) is 2.54. The van der Waals surface area contributed by atoms with Crippen LogP contribution in [0.5, 0.6) is 0 Å². The molecule has 1 aliphatic heterocycles. The van der Waals surface area contributed by atoms with Gasteiger partial charge in [0.2, 0.25) is 0 Å². The molecule has 0 saturated carbocycles. The highest BCUT2D eigenvalue weighted by atomic mass is 79.9. The van der Waals surface area contributed by atoms with Gasteiger partial charge in [-0.05, 0) is 49.8 Å². The minimum Gasteiger partial charge on any atom is -0.267 e. The molecule has 0 saturated heterocycles. The summed E-state index contributed by atoms with van der Waals surface area (Å²) in [4.78, 5) is 12.6. The third kappa shape index (κ3) is 2.88. The Morgan fingerprint density at radius 3 is 2.27 bits per heavy atom. The van der Waals surface area contributed by atoms with E-state index < -0.39 is 0 Å². The smallest absolute Gasteiger partial charge is 0.267 e. The van der Waals surface area contributed by atoms with Crippen LogP contribution in [0.3, 0.4) is 0 Å². The van der Waals surface area contributed by atoms with Crippen LogP contribution in [0, 0.1) is 6.92 Å². The van der Waals surface area contributed by atoms with Gasteiger partial charge in [-0.2, -0.15) is 10.1 Å². The number of anilines is 1. The molecule has 0 atom stereocenters. The van der Waals surface area contributed by atoms with Crippen LogP contribution >= 0.6 is 15.9 Å². The van der Waals surface area contributed by atoms with Crippen molar-refractivity contribution in [2.75, 3.05) is 5.01 Å². The number of rotatable bonds is 2. The van der Waals surface area contributed by atoms with Crippen molar-refractivity contribution in [1.82, 2.24) is 0 Å². The summed E-state index contributed by atoms with van der Waals surface area (Å²) in [6, 6.07) is 15.6. The second-order valence-electron chi connectivity index (χ2n) is 5.25. The number of carbonyl (C=O) groups is 1. The Kier molecular flexibility index (Phi) is 3.94. The highest BCUT2D eigenvalue weighted by Gasteiger charge is 2.28. The lowest BCUT2D eigenvalue weighted by molar-refractivity contribution is -0.114. The van der Waals surface area contributed by atoms with Crippen LogP contribution in [0.2, 0.25) is 0 Å². The molecule has 22 heavy (non-hydrogen) atoms. The Hall–Kier alpha value is -2.20. The van der Waals surface area contributed by atoms with Crippen molar-refractivity contribution in [3.63, 3.8) is 0 Å². The molecule has 2 aromatic carbocycles. The van der Waals surface area contributed by atoms with Crippen molar-refractivity contribution in [3.8, 4) is 0 Å². The lowest BCUT2D eigenvalue weighted by Crippen LogP contribution is -2.21. The van der Waals surface area contributed by atoms with Crippen LogP contribution in [0.4, 0.5) is 5.69 Å². The SMILES string of the molecule is CC1=NN(c2ccc(Br)cc2)C(=O)/C1=C/c1ccc(C)cc1. The largest absolute Gasteiger partial charge is 0.280 e. The first kappa shape index (κ1) is 14.7. The summed E-state index contributed by atoms with van der Waals surface area (Å²) >= 11 is 3.39. The summed E-state index contributed by atoms with van der Waals surface area (Å²) < 4.78 is 0.971. The quantitative estimate of drug-likeness (QED) is 0.727. The van der Waals surface area contributed by atoms with E-state index in [4.69, 9.17) is 0 Å². The molecule has 110 valence electrons. The second-order valence-corrected chi connectivity index (χ2v) is 6.16. The summed E-state index contributed by atoms with van der Waals surface area (Å²) in [5, 5.41) is 5.83. The van der Waals surface area contributed by atoms with Gasteiger partial charge in [0.15, 0.2) is 0 Å². The summed E-state index contributed by atoms with van der Waals surface area (Å²) in [6.45, 7) is 3.90. The molecule has 0 radical (unpaired) electrons. The van der Waals surface area contributed by atoms with E-state index in [0.717, 1.165) is 21.4 Å². The lowest BCUT2D eigenvalue weighted by Gasteiger charge is -2.11. The van der Waals surface area contributed by atoms with Crippen molar-refractivity contribution < 1.29 is 4.79 Å². The van der Waals surface area contributed by atoms with Gasteiger partial charge in [-0.1, -0.05) is 45.8 Å². The van der Waals surface area contributed by atoms with E-state index in [1.54, 1.807) is 0 Å². The molecule has 0 spiro atoms. The number of amides is 1. The van der Waals surface area contributed by atoms with Gasteiger partial charge in [-0.25, -0.2) is 0 Å². The summed E-state index contributed by atoms with van der Waals surface area (Å²) in [5.74, 6) is -0.0969. The molecular weight excluding hydrogens is 340 g/mol. The summed E-state index contributed by atoms with van der Waals surface area (Å²) in [7, 11) is 0. The zero-order valence-corrected chi connectivity index (χ0v) is 14.0. The Bertz CT molecular complexity index is 774. The average Bonchev–Trinajstić information content (AvgIpc) is 2.78. The molecule has 3 rings (SSSR count). The highest BCUT2D eigenvalue weighted by Crippen LogP contribution is 2.26. The third-order valence-corrected chi connectivity index (χ3v) is 4.05. The highest BCUT2D eigenvalue weighted by molar-refractivity contribution is 9.10. The third-order valence-electron chi connectivity index (χ3n) is 3.52. The molecule has 0 fully saturated rings. The first-order chi connectivity index (χ1) is 10.5. The van der Waals surface area contributed by atoms with Crippen LogP contribution in [-0.2, 0) is 4.79 Å². The first-order valence-corrected chi connectivity index (χ1v) is 7.78. The Morgan fingerprint density at radius 1 is 1.00 bits per heavy atom. The number of hydrogen-bond acceptors (Lipinski definition) is 2. The number of halogens is 1. The van der Waals surface area contributed by atoms with E-state index in [2.05, 4.69) is 21.0 Å². The molecule has 0 unspecified atom stereocenters. The normalized spacial score (nSPS) is 16.3. The minimum atomic E-state index is -0.0969. The predicted octanol–water partition coefficient (Wildman–Crippen LogP) is 4.56. The number of aryl methyl sites for hydroxylation is 1. The minimum absolute atomic E-state index is 0.0969. The molecule has 1 aliphatic rings. The molecule has 3 nitrogen and oxygen atoms in total. The Morgan fingerprint density at radius 2 is 1.64 bits per heavy atom. The molecule has 4 heteroatoms. The zero-order valence-electron chi connectivity index (χ0n) is 12.4. The van der Waals surface area contributed by atoms with E-state index in [9.17, 15) is 4.79 Å².